The molecule has 5 heteroatoms. The molecule has 0 aliphatic rings. The van der Waals surface area contributed by atoms with Gasteiger partial charge in [-0.2, -0.15) is 0 Å². The van der Waals surface area contributed by atoms with Gasteiger partial charge in [0.1, 0.15) is 11.6 Å². The van der Waals surface area contributed by atoms with Crippen LogP contribution in [-0.2, 0) is 5.88 Å². The Bertz CT molecular complexity index is 546. The number of alkyl halides is 1. The highest BCUT2D eigenvalue weighted by molar-refractivity contribution is 6.17. The Labute approximate surface area is 124 Å². The fourth-order valence-electron chi connectivity index (χ4n) is 1.88. The van der Waals surface area contributed by atoms with Crippen LogP contribution >= 0.6 is 24.0 Å². The van der Waals surface area contributed by atoms with E-state index in [-0.39, 0.29) is 12.4 Å². The summed E-state index contributed by atoms with van der Waals surface area (Å²) >= 11 is 5.96. The maximum atomic E-state index is 5.96. The summed E-state index contributed by atoms with van der Waals surface area (Å²) in [5, 5.41) is 4.29. The molecule has 0 radical (unpaired) electrons. The van der Waals surface area contributed by atoms with Crippen LogP contribution in [0.25, 0.3) is 10.9 Å². The van der Waals surface area contributed by atoms with Crippen molar-refractivity contribution in [2.24, 2.45) is 0 Å². The summed E-state index contributed by atoms with van der Waals surface area (Å²) in [6.07, 6.45) is 0. The number of fused-ring (bicyclic) bond motifs is 1. The molecule has 0 aliphatic heterocycles. The van der Waals surface area contributed by atoms with Gasteiger partial charge >= 0.3 is 0 Å². The molecule has 19 heavy (non-hydrogen) atoms. The van der Waals surface area contributed by atoms with E-state index in [4.69, 9.17) is 16.3 Å². The molecular weight excluding hydrogens is 283 g/mol. The first-order valence-electron chi connectivity index (χ1n) is 6.14. The van der Waals surface area contributed by atoms with Crippen molar-refractivity contribution >= 4 is 40.7 Å². The van der Waals surface area contributed by atoms with E-state index in [1.807, 2.05) is 32.0 Å². The summed E-state index contributed by atoms with van der Waals surface area (Å²) in [6, 6.07) is 7.97. The molecule has 1 aromatic heterocycles. The van der Waals surface area contributed by atoms with Gasteiger partial charge in [-0.15, -0.1) is 24.0 Å². The molecule has 0 spiro atoms. The third-order valence-corrected chi connectivity index (χ3v) is 2.95. The Hall–Kier alpha value is -1.19. The summed E-state index contributed by atoms with van der Waals surface area (Å²) in [5.74, 6) is 2.18. The molecule has 104 valence electrons. The van der Waals surface area contributed by atoms with E-state index in [0.717, 1.165) is 34.6 Å². The average molecular weight is 301 g/mol. The lowest BCUT2D eigenvalue weighted by Gasteiger charge is -2.10. The van der Waals surface area contributed by atoms with Crippen molar-refractivity contribution in [2.75, 3.05) is 18.5 Å². The fraction of sp³-hybridized carbons (Fsp3) is 0.357. The third-order valence-electron chi connectivity index (χ3n) is 2.66. The van der Waals surface area contributed by atoms with Crippen LogP contribution in [-0.4, -0.2) is 18.1 Å². The monoisotopic (exact) mass is 300 g/mol. The second kappa shape index (κ2) is 7.41. The van der Waals surface area contributed by atoms with Crippen LogP contribution in [0.4, 0.5) is 5.82 Å². The van der Waals surface area contributed by atoms with Crippen molar-refractivity contribution in [1.29, 1.82) is 0 Å². The van der Waals surface area contributed by atoms with E-state index < -0.39 is 0 Å². The lowest BCUT2D eigenvalue weighted by atomic mass is 10.1. The second-order valence-electron chi connectivity index (χ2n) is 3.95. The molecular formula is C14H18Cl2N2O. The van der Waals surface area contributed by atoms with E-state index in [2.05, 4.69) is 16.4 Å². The van der Waals surface area contributed by atoms with Gasteiger partial charge in [0, 0.05) is 17.5 Å². The third kappa shape index (κ3) is 3.64. The molecule has 0 saturated heterocycles. The number of rotatable bonds is 5. The zero-order valence-electron chi connectivity index (χ0n) is 11.1. The van der Waals surface area contributed by atoms with Crippen LogP contribution in [0.1, 0.15) is 19.4 Å². The van der Waals surface area contributed by atoms with Crippen molar-refractivity contribution in [2.45, 2.75) is 19.7 Å². The standard InChI is InChI=1S/C14H17ClN2O.ClH/c1-3-16-14-11(9-15)7-10-8-12(18-4-2)5-6-13(10)17-14;/h5-8H,3-4,9H2,1-2H3,(H,16,17);1H. The van der Waals surface area contributed by atoms with Gasteiger partial charge in [0.15, 0.2) is 0 Å². The Morgan fingerprint density at radius 3 is 2.68 bits per heavy atom. The number of ether oxygens (including phenoxy) is 1. The molecule has 0 aliphatic carbocycles. The molecule has 0 bridgehead atoms. The van der Waals surface area contributed by atoms with E-state index in [9.17, 15) is 0 Å². The number of nitrogens with zero attached hydrogens (tertiary/aromatic N) is 1. The number of anilines is 1. The Morgan fingerprint density at radius 1 is 1.26 bits per heavy atom. The lowest BCUT2D eigenvalue weighted by Crippen LogP contribution is -2.03. The molecule has 0 unspecified atom stereocenters. The molecule has 0 atom stereocenters. The summed E-state index contributed by atoms with van der Waals surface area (Å²) in [6.45, 7) is 5.51. The zero-order valence-corrected chi connectivity index (χ0v) is 12.6. The van der Waals surface area contributed by atoms with Gasteiger partial charge in [-0.1, -0.05) is 0 Å². The summed E-state index contributed by atoms with van der Waals surface area (Å²) in [7, 11) is 0. The first-order chi connectivity index (χ1) is 8.78. The Balaban J connectivity index is 0.00000180. The number of aromatic nitrogens is 1. The molecule has 0 amide bonds. The zero-order chi connectivity index (χ0) is 13.0. The number of pyridine rings is 1. The lowest BCUT2D eigenvalue weighted by molar-refractivity contribution is 0.340. The molecule has 1 aromatic carbocycles. The smallest absolute Gasteiger partial charge is 0.131 e. The van der Waals surface area contributed by atoms with Gasteiger partial charge in [-0.3, -0.25) is 0 Å². The minimum atomic E-state index is 0. The number of halogens is 2. The molecule has 3 nitrogen and oxygen atoms in total. The maximum Gasteiger partial charge on any atom is 0.131 e. The first kappa shape index (κ1) is 15.9. The predicted molar refractivity (Wildman–Crippen MR) is 83.9 cm³/mol. The van der Waals surface area contributed by atoms with Crippen LogP contribution in [0.15, 0.2) is 24.3 Å². The van der Waals surface area contributed by atoms with Gasteiger partial charge in [0.05, 0.1) is 18.0 Å². The summed E-state index contributed by atoms with van der Waals surface area (Å²) < 4.78 is 5.49. The normalized spacial score (nSPS) is 10.1. The molecule has 1 N–H and O–H groups in total. The van der Waals surface area contributed by atoms with Crippen LogP contribution in [0, 0.1) is 0 Å². The number of hydrogen-bond donors (Lipinski definition) is 1. The highest BCUT2D eigenvalue weighted by Crippen LogP contribution is 2.25. The predicted octanol–water partition coefficient (Wildman–Crippen LogP) is 4.23. The second-order valence-corrected chi connectivity index (χ2v) is 4.21. The van der Waals surface area contributed by atoms with Gasteiger partial charge in [0.2, 0.25) is 0 Å². The van der Waals surface area contributed by atoms with Crippen LogP contribution < -0.4 is 10.1 Å². The van der Waals surface area contributed by atoms with Crippen molar-refractivity contribution in [3.63, 3.8) is 0 Å². The fourth-order valence-corrected chi connectivity index (χ4v) is 2.08. The van der Waals surface area contributed by atoms with Crippen LogP contribution in [0.3, 0.4) is 0 Å². The van der Waals surface area contributed by atoms with Crippen molar-refractivity contribution in [3.8, 4) is 5.75 Å². The Kier molecular flexibility index (Phi) is 6.19. The molecule has 1 heterocycles. The van der Waals surface area contributed by atoms with E-state index >= 15 is 0 Å². The molecule has 2 aromatic rings. The maximum absolute atomic E-state index is 5.96. The SMILES string of the molecule is CCNc1nc2ccc(OCC)cc2cc1CCl.Cl. The summed E-state index contributed by atoms with van der Waals surface area (Å²) in [4.78, 5) is 4.59. The minimum absolute atomic E-state index is 0. The Morgan fingerprint density at radius 2 is 2.05 bits per heavy atom. The molecule has 2 rings (SSSR count). The quantitative estimate of drug-likeness (QED) is 0.839. The first-order valence-corrected chi connectivity index (χ1v) is 6.68. The van der Waals surface area contributed by atoms with E-state index in [1.165, 1.54) is 0 Å². The van der Waals surface area contributed by atoms with E-state index in [1.54, 1.807) is 0 Å². The van der Waals surface area contributed by atoms with Gasteiger partial charge in [0.25, 0.3) is 0 Å². The minimum Gasteiger partial charge on any atom is -0.494 e. The average Bonchev–Trinajstić information content (AvgIpc) is 2.39. The van der Waals surface area contributed by atoms with Crippen molar-refractivity contribution < 1.29 is 4.74 Å². The molecule has 0 saturated carbocycles. The van der Waals surface area contributed by atoms with E-state index in [0.29, 0.717) is 12.5 Å². The van der Waals surface area contributed by atoms with Gasteiger partial charge < -0.3 is 10.1 Å². The molecule has 0 fully saturated rings. The number of hydrogen-bond acceptors (Lipinski definition) is 3. The van der Waals surface area contributed by atoms with Gasteiger partial charge in [-0.25, -0.2) is 4.98 Å². The highest BCUT2D eigenvalue weighted by atomic mass is 35.5. The van der Waals surface area contributed by atoms with Crippen molar-refractivity contribution in [1.82, 2.24) is 4.98 Å². The van der Waals surface area contributed by atoms with Crippen LogP contribution in [0.5, 0.6) is 5.75 Å². The highest BCUT2D eigenvalue weighted by Gasteiger charge is 2.06. The van der Waals surface area contributed by atoms with Gasteiger partial charge in [-0.05, 0) is 38.1 Å². The topological polar surface area (TPSA) is 34.2 Å². The van der Waals surface area contributed by atoms with Crippen LogP contribution in [0.2, 0.25) is 0 Å². The number of nitrogens with one attached hydrogen (secondary N) is 1. The number of benzene rings is 1. The van der Waals surface area contributed by atoms with Crippen molar-refractivity contribution in [3.05, 3.63) is 29.8 Å². The summed E-state index contributed by atoms with van der Waals surface area (Å²) in [5.41, 5.74) is 1.96. The largest absolute Gasteiger partial charge is 0.494 e.